The van der Waals surface area contributed by atoms with Gasteiger partial charge >= 0.3 is 5.97 Å². The van der Waals surface area contributed by atoms with Gasteiger partial charge < -0.3 is 9.64 Å². The summed E-state index contributed by atoms with van der Waals surface area (Å²) in [6.07, 6.45) is 1.40. The summed E-state index contributed by atoms with van der Waals surface area (Å²) in [5.74, 6) is -1.26. The van der Waals surface area contributed by atoms with Gasteiger partial charge in [0.05, 0.1) is 10.3 Å². The van der Waals surface area contributed by atoms with E-state index in [0.29, 0.717) is 12.8 Å². The fraction of sp³-hybridized carbons (Fsp3) is 0.364. The lowest BCUT2D eigenvalue weighted by molar-refractivity contribution is -0.154. The molecule has 0 radical (unpaired) electrons. The van der Waals surface area contributed by atoms with Gasteiger partial charge in [0.1, 0.15) is 5.82 Å². The van der Waals surface area contributed by atoms with Crippen LogP contribution in [-0.2, 0) is 29.8 Å². The number of rotatable bonds is 6. The van der Waals surface area contributed by atoms with Crippen LogP contribution < -0.4 is 0 Å². The molecule has 2 aromatic carbocycles. The molecular formula is C22H23FN2O5S. The highest BCUT2D eigenvalue weighted by Gasteiger charge is 2.52. The van der Waals surface area contributed by atoms with Gasteiger partial charge in [-0.1, -0.05) is 30.3 Å². The number of benzene rings is 2. The van der Waals surface area contributed by atoms with Crippen LogP contribution in [0.4, 0.5) is 4.39 Å². The van der Waals surface area contributed by atoms with Crippen molar-refractivity contribution in [2.24, 2.45) is 0 Å². The first-order valence-electron chi connectivity index (χ1n) is 10.1. The maximum absolute atomic E-state index is 13.1. The maximum Gasteiger partial charge on any atom is 0.317 e. The number of amides is 1. The molecular weight excluding hydrogens is 423 g/mol. The van der Waals surface area contributed by atoms with Crippen molar-refractivity contribution in [1.82, 2.24) is 9.21 Å². The fourth-order valence-corrected chi connectivity index (χ4v) is 5.21. The third-order valence-corrected chi connectivity index (χ3v) is 7.75. The minimum atomic E-state index is -3.75. The standard InChI is InChI=1S/C22H23FN2O5S/c23-18-6-8-19(9-7-18)31(28,29)25-14-12-24(13-15-25)20(26)16-30-21(27)22(10-11-22)17-4-2-1-3-5-17/h1-9H,10-16H2. The van der Waals surface area contributed by atoms with Crippen LogP contribution in [0.2, 0.25) is 0 Å². The molecule has 7 nitrogen and oxygen atoms in total. The molecule has 1 saturated carbocycles. The summed E-state index contributed by atoms with van der Waals surface area (Å²) in [6.45, 7) is 0.264. The van der Waals surface area contributed by atoms with Crippen molar-refractivity contribution in [3.8, 4) is 0 Å². The predicted octanol–water partition coefficient (Wildman–Crippen LogP) is 1.93. The van der Waals surface area contributed by atoms with Crippen LogP contribution >= 0.6 is 0 Å². The van der Waals surface area contributed by atoms with Crippen LogP contribution in [-0.4, -0.2) is 62.3 Å². The third-order valence-electron chi connectivity index (χ3n) is 5.84. The molecule has 0 spiro atoms. The van der Waals surface area contributed by atoms with Crippen molar-refractivity contribution >= 4 is 21.9 Å². The SMILES string of the molecule is O=C(COC(=O)C1(c2ccccc2)CC1)N1CCN(S(=O)(=O)c2ccc(F)cc2)CC1. The van der Waals surface area contributed by atoms with Crippen LogP contribution in [0, 0.1) is 5.82 Å². The molecule has 31 heavy (non-hydrogen) atoms. The average Bonchev–Trinajstić information content (AvgIpc) is 3.60. The molecule has 0 N–H and O–H groups in total. The molecule has 1 aliphatic heterocycles. The first-order valence-corrected chi connectivity index (χ1v) is 11.5. The molecule has 2 aliphatic rings. The number of sulfonamides is 1. The monoisotopic (exact) mass is 446 g/mol. The van der Waals surface area contributed by atoms with Gasteiger partial charge in [0, 0.05) is 26.2 Å². The van der Waals surface area contributed by atoms with E-state index in [1.807, 2.05) is 30.3 Å². The van der Waals surface area contributed by atoms with E-state index in [0.717, 1.165) is 17.7 Å². The van der Waals surface area contributed by atoms with E-state index in [9.17, 15) is 22.4 Å². The van der Waals surface area contributed by atoms with Crippen molar-refractivity contribution in [3.63, 3.8) is 0 Å². The van der Waals surface area contributed by atoms with Gasteiger partial charge in [-0.15, -0.1) is 0 Å². The zero-order valence-electron chi connectivity index (χ0n) is 16.9. The molecule has 1 aliphatic carbocycles. The van der Waals surface area contributed by atoms with Gasteiger partial charge in [0.2, 0.25) is 10.0 Å². The lowest BCUT2D eigenvalue weighted by Crippen LogP contribution is -2.51. The number of hydrogen-bond donors (Lipinski definition) is 0. The zero-order valence-corrected chi connectivity index (χ0v) is 17.7. The van der Waals surface area contributed by atoms with E-state index in [2.05, 4.69) is 0 Å². The van der Waals surface area contributed by atoms with E-state index in [-0.39, 0.29) is 43.6 Å². The maximum atomic E-state index is 13.1. The van der Waals surface area contributed by atoms with Gasteiger partial charge in [0.15, 0.2) is 6.61 Å². The molecule has 1 amide bonds. The quantitative estimate of drug-likeness (QED) is 0.634. The lowest BCUT2D eigenvalue weighted by atomic mass is 9.96. The van der Waals surface area contributed by atoms with Crippen molar-refractivity contribution in [1.29, 1.82) is 0 Å². The Morgan fingerprint density at radius 1 is 0.935 bits per heavy atom. The first-order chi connectivity index (χ1) is 14.8. The Morgan fingerprint density at radius 2 is 1.55 bits per heavy atom. The first kappa shape index (κ1) is 21.5. The molecule has 0 atom stereocenters. The van der Waals surface area contributed by atoms with Gasteiger partial charge in [-0.3, -0.25) is 9.59 Å². The Labute approximate surface area is 180 Å². The van der Waals surface area contributed by atoms with Crippen molar-refractivity contribution < 1.29 is 27.1 Å². The Hall–Kier alpha value is -2.78. The molecule has 164 valence electrons. The van der Waals surface area contributed by atoms with E-state index >= 15 is 0 Å². The second-order valence-corrected chi connectivity index (χ2v) is 9.70. The normalized spacial score (nSPS) is 18.4. The molecule has 0 unspecified atom stereocenters. The van der Waals surface area contributed by atoms with Crippen LogP contribution in [0.3, 0.4) is 0 Å². The van der Waals surface area contributed by atoms with Crippen LogP contribution in [0.25, 0.3) is 0 Å². The predicted molar refractivity (Wildman–Crippen MR) is 110 cm³/mol. The summed E-state index contributed by atoms with van der Waals surface area (Å²) in [7, 11) is -3.75. The minimum Gasteiger partial charge on any atom is -0.455 e. The van der Waals surface area contributed by atoms with Crippen LogP contribution in [0.1, 0.15) is 18.4 Å². The van der Waals surface area contributed by atoms with Crippen LogP contribution in [0.5, 0.6) is 0 Å². The van der Waals surface area contributed by atoms with Crippen molar-refractivity contribution in [2.45, 2.75) is 23.2 Å². The fourth-order valence-electron chi connectivity index (χ4n) is 3.78. The second kappa shape index (κ2) is 8.39. The molecule has 2 fully saturated rings. The number of halogens is 1. The second-order valence-electron chi connectivity index (χ2n) is 7.76. The van der Waals surface area contributed by atoms with Crippen molar-refractivity contribution in [2.75, 3.05) is 32.8 Å². The Morgan fingerprint density at radius 3 is 2.13 bits per heavy atom. The summed E-state index contributed by atoms with van der Waals surface area (Å²) >= 11 is 0. The highest BCUT2D eigenvalue weighted by Crippen LogP contribution is 2.49. The number of piperazine rings is 1. The molecule has 4 rings (SSSR count). The zero-order chi connectivity index (χ0) is 22.1. The van der Waals surface area contributed by atoms with Gasteiger partial charge in [-0.2, -0.15) is 4.31 Å². The van der Waals surface area contributed by atoms with E-state index < -0.39 is 27.2 Å². The summed E-state index contributed by atoms with van der Waals surface area (Å²) in [5.41, 5.74) is 0.246. The minimum absolute atomic E-state index is 0.0123. The van der Waals surface area contributed by atoms with Crippen LogP contribution in [0.15, 0.2) is 59.5 Å². The molecule has 0 bridgehead atoms. The summed E-state index contributed by atoms with van der Waals surface area (Å²) in [4.78, 5) is 26.6. The van der Waals surface area contributed by atoms with Crippen molar-refractivity contribution in [3.05, 3.63) is 66.0 Å². The molecule has 2 aromatic rings. The Kier molecular flexibility index (Phi) is 5.81. The highest BCUT2D eigenvalue weighted by atomic mass is 32.2. The number of ether oxygens (including phenoxy) is 1. The van der Waals surface area contributed by atoms with E-state index in [1.165, 1.54) is 21.3 Å². The third kappa shape index (κ3) is 4.33. The summed E-state index contributed by atoms with van der Waals surface area (Å²) < 4.78 is 45.0. The number of carbonyl (C=O) groups excluding carboxylic acids is 2. The van der Waals surface area contributed by atoms with Gasteiger partial charge in [0.25, 0.3) is 5.91 Å². The number of hydrogen-bond acceptors (Lipinski definition) is 5. The van der Waals surface area contributed by atoms with Gasteiger partial charge in [-0.25, -0.2) is 12.8 Å². The summed E-state index contributed by atoms with van der Waals surface area (Å²) in [6, 6.07) is 14.0. The number of esters is 1. The highest BCUT2D eigenvalue weighted by molar-refractivity contribution is 7.89. The molecule has 1 heterocycles. The topological polar surface area (TPSA) is 84.0 Å². The van der Waals surface area contributed by atoms with E-state index in [1.54, 1.807) is 0 Å². The Balaban J connectivity index is 1.30. The number of carbonyl (C=O) groups is 2. The molecule has 1 saturated heterocycles. The smallest absolute Gasteiger partial charge is 0.317 e. The Bertz CT molecular complexity index is 1060. The van der Waals surface area contributed by atoms with Gasteiger partial charge in [-0.05, 0) is 42.7 Å². The lowest BCUT2D eigenvalue weighted by Gasteiger charge is -2.34. The molecule has 9 heteroatoms. The molecule has 0 aromatic heterocycles. The average molecular weight is 447 g/mol. The number of nitrogens with zero attached hydrogens (tertiary/aromatic N) is 2. The summed E-state index contributed by atoms with van der Waals surface area (Å²) in [5, 5.41) is 0. The largest absolute Gasteiger partial charge is 0.455 e. The van der Waals surface area contributed by atoms with E-state index in [4.69, 9.17) is 4.74 Å².